The molecule has 3 heteroatoms. The van der Waals surface area contributed by atoms with E-state index in [0.717, 1.165) is 12.8 Å². The second-order valence-corrected chi connectivity index (χ2v) is 5.22. The van der Waals surface area contributed by atoms with E-state index in [0.29, 0.717) is 12.0 Å². The third kappa shape index (κ3) is 3.32. The summed E-state index contributed by atoms with van der Waals surface area (Å²) in [7, 11) is 0. The van der Waals surface area contributed by atoms with Gasteiger partial charge in [-0.1, -0.05) is 32.4 Å². The lowest BCUT2D eigenvalue weighted by molar-refractivity contribution is 0.489. The highest BCUT2D eigenvalue weighted by Gasteiger charge is 2.15. The number of rotatable bonds is 6. The summed E-state index contributed by atoms with van der Waals surface area (Å²) in [4.78, 5) is 0. The van der Waals surface area contributed by atoms with Crippen LogP contribution in [0.15, 0.2) is 0 Å². The van der Waals surface area contributed by atoms with Crippen molar-refractivity contribution in [3.05, 3.63) is 11.4 Å². The standard InChI is InChI=1S/C13H25N3/c1-6-7-8-13-12(9-10(2)3)14-15-16(13)11(4)5/h10-11H,6-9H2,1-5H3. The van der Waals surface area contributed by atoms with Crippen LogP contribution in [-0.4, -0.2) is 15.0 Å². The highest BCUT2D eigenvalue weighted by molar-refractivity contribution is 5.11. The average molecular weight is 223 g/mol. The van der Waals surface area contributed by atoms with Crippen LogP contribution in [0.5, 0.6) is 0 Å². The molecule has 1 aromatic heterocycles. The van der Waals surface area contributed by atoms with E-state index in [1.165, 1.54) is 24.2 Å². The minimum atomic E-state index is 0.417. The molecule has 0 aliphatic heterocycles. The van der Waals surface area contributed by atoms with Crippen LogP contribution in [0.1, 0.15) is 64.9 Å². The Morgan fingerprint density at radius 3 is 2.38 bits per heavy atom. The van der Waals surface area contributed by atoms with E-state index in [1.807, 2.05) is 0 Å². The molecule has 0 aliphatic carbocycles. The van der Waals surface area contributed by atoms with Crippen LogP contribution in [0.4, 0.5) is 0 Å². The fraction of sp³-hybridized carbons (Fsp3) is 0.846. The van der Waals surface area contributed by atoms with E-state index >= 15 is 0 Å². The van der Waals surface area contributed by atoms with Gasteiger partial charge in [0.2, 0.25) is 0 Å². The fourth-order valence-corrected chi connectivity index (χ4v) is 1.91. The van der Waals surface area contributed by atoms with Gasteiger partial charge in [0, 0.05) is 6.04 Å². The van der Waals surface area contributed by atoms with E-state index in [1.54, 1.807) is 0 Å². The van der Waals surface area contributed by atoms with Crippen molar-refractivity contribution < 1.29 is 0 Å². The number of nitrogens with zero attached hydrogens (tertiary/aromatic N) is 3. The first-order valence-electron chi connectivity index (χ1n) is 6.49. The molecule has 1 heterocycles. The van der Waals surface area contributed by atoms with Crippen LogP contribution in [0.2, 0.25) is 0 Å². The Balaban J connectivity index is 2.89. The van der Waals surface area contributed by atoms with Gasteiger partial charge in [-0.25, -0.2) is 4.68 Å². The molecule has 92 valence electrons. The molecule has 0 aliphatic rings. The van der Waals surface area contributed by atoms with Crippen LogP contribution >= 0.6 is 0 Å². The SMILES string of the molecule is CCCCc1c(CC(C)C)nnn1C(C)C. The molecule has 0 saturated heterocycles. The Morgan fingerprint density at radius 2 is 1.88 bits per heavy atom. The summed E-state index contributed by atoms with van der Waals surface area (Å²) >= 11 is 0. The molecule has 3 nitrogen and oxygen atoms in total. The van der Waals surface area contributed by atoms with E-state index < -0.39 is 0 Å². The second kappa shape index (κ2) is 6.02. The first-order chi connectivity index (χ1) is 7.56. The van der Waals surface area contributed by atoms with Gasteiger partial charge in [-0.3, -0.25) is 0 Å². The van der Waals surface area contributed by atoms with Gasteiger partial charge in [0.1, 0.15) is 0 Å². The first kappa shape index (κ1) is 13.2. The van der Waals surface area contributed by atoms with Crippen LogP contribution < -0.4 is 0 Å². The zero-order valence-electron chi connectivity index (χ0n) is 11.3. The van der Waals surface area contributed by atoms with Gasteiger partial charge < -0.3 is 0 Å². The van der Waals surface area contributed by atoms with Crippen molar-refractivity contribution in [2.45, 2.75) is 66.3 Å². The molecule has 0 atom stereocenters. The Kier molecular flexibility index (Phi) is 4.97. The lowest BCUT2D eigenvalue weighted by Gasteiger charge is -2.11. The van der Waals surface area contributed by atoms with Gasteiger partial charge in [0.15, 0.2) is 0 Å². The molecule has 1 rings (SSSR count). The number of hydrogen-bond donors (Lipinski definition) is 0. The van der Waals surface area contributed by atoms with E-state index in [4.69, 9.17) is 0 Å². The highest BCUT2D eigenvalue weighted by Crippen LogP contribution is 2.17. The summed E-state index contributed by atoms with van der Waals surface area (Å²) in [6.45, 7) is 11.0. The molecular weight excluding hydrogens is 198 g/mol. The predicted octanol–water partition coefficient (Wildman–Crippen LogP) is 3.40. The van der Waals surface area contributed by atoms with Crippen molar-refractivity contribution in [2.75, 3.05) is 0 Å². The number of hydrogen-bond acceptors (Lipinski definition) is 2. The molecule has 0 aromatic carbocycles. The lowest BCUT2D eigenvalue weighted by atomic mass is 10.0. The van der Waals surface area contributed by atoms with E-state index in [2.05, 4.69) is 49.6 Å². The number of unbranched alkanes of at least 4 members (excludes halogenated alkanes) is 1. The van der Waals surface area contributed by atoms with Crippen molar-refractivity contribution in [3.8, 4) is 0 Å². The van der Waals surface area contributed by atoms with Gasteiger partial charge in [0.05, 0.1) is 11.4 Å². The molecule has 0 spiro atoms. The van der Waals surface area contributed by atoms with Gasteiger partial charge >= 0.3 is 0 Å². The third-order valence-electron chi connectivity index (χ3n) is 2.73. The monoisotopic (exact) mass is 223 g/mol. The van der Waals surface area contributed by atoms with Crippen molar-refractivity contribution >= 4 is 0 Å². The molecule has 0 bridgehead atoms. The van der Waals surface area contributed by atoms with Gasteiger partial charge in [0.25, 0.3) is 0 Å². The Morgan fingerprint density at radius 1 is 1.19 bits per heavy atom. The van der Waals surface area contributed by atoms with Crippen LogP contribution in [0.25, 0.3) is 0 Å². The highest BCUT2D eigenvalue weighted by atomic mass is 15.4. The zero-order chi connectivity index (χ0) is 12.1. The van der Waals surface area contributed by atoms with Crippen LogP contribution in [0.3, 0.4) is 0 Å². The largest absolute Gasteiger partial charge is 0.247 e. The second-order valence-electron chi connectivity index (χ2n) is 5.22. The maximum absolute atomic E-state index is 4.34. The molecular formula is C13H25N3. The van der Waals surface area contributed by atoms with Crippen molar-refractivity contribution in [1.29, 1.82) is 0 Å². The normalized spacial score (nSPS) is 11.7. The van der Waals surface area contributed by atoms with Gasteiger partial charge in [-0.2, -0.15) is 0 Å². The fourth-order valence-electron chi connectivity index (χ4n) is 1.91. The molecule has 0 unspecified atom stereocenters. The minimum Gasteiger partial charge on any atom is -0.247 e. The van der Waals surface area contributed by atoms with Crippen LogP contribution in [0, 0.1) is 5.92 Å². The summed E-state index contributed by atoms with van der Waals surface area (Å²) in [6, 6.07) is 0.417. The molecule has 0 saturated carbocycles. The lowest BCUT2D eigenvalue weighted by Crippen LogP contribution is -2.09. The molecule has 0 N–H and O–H groups in total. The van der Waals surface area contributed by atoms with Crippen molar-refractivity contribution in [3.63, 3.8) is 0 Å². The Labute approximate surface area is 99.2 Å². The summed E-state index contributed by atoms with van der Waals surface area (Å²) in [5.74, 6) is 0.651. The summed E-state index contributed by atoms with van der Waals surface area (Å²) < 4.78 is 2.09. The van der Waals surface area contributed by atoms with Crippen LogP contribution in [-0.2, 0) is 12.8 Å². The maximum atomic E-state index is 4.34. The summed E-state index contributed by atoms with van der Waals surface area (Å²) in [5, 5.41) is 8.63. The third-order valence-corrected chi connectivity index (χ3v) is 2.73. The van der Waals surface area contributed by atoms with Gasteiger partial charge in [-0.05, 0) is 39.0 Å². The molecule has 0 radical (unpaired) electrons. The average Bonchev–Trinajstić information content (AvgIpc) is 2.57. The molecule has 0 amide bonds. The van der Waals surface area contributed by atoms with Crippen molar-refractivity contribution in [2.24, 2.45) is 5.92 Å². The predicted molar refractivity (Wildman–Crippen MR) is 67.6 cm³/mol. The Hall–Kier alpha value is -0.860. The van der Waals surface area contributed by atoms with Gasteiger partial charge in [-0.15, -0.1) is 5.10 Å². The zero-order valence-corrected chi connectivity index (χ0v) is 11.3. The molecule has 0 fully saturated rings. The molecule has 16 heavy (non-hydrogen) atoms. The maximum Gasteiger partial charge on any atom is 0.0861 e. The topological polar surface area (TPSA) is 30.7 Å². The summed E-state index contributed by atoms with van der Waals surface area (Å²) in [6.07, 6.45) is 4.62. The summed E-state index contributed by atoms with van der Waals surface area (Å²) in [5.41, 5.74) is 2.56. The Bertz CT molecular complexity index is 313. The minimum absolute atomic E-state index is 0.417. The first-order valence-corrected chi connectivity index (χ1v) is 6.49. The van der Waals surface area contributed by atoms with E-state index in [9.17, 15) is 0 Å². The smallest absolute Gasteiger partial charge is 0.0861 e. The van der Waals surface area contributed by atoms with Crippen molar-refractivity contribution in [1.82, 2.24) is 15.0 Å². The number of aromatic nitrogens is 3. The quantitative estimate of drug-likeness (QED) is 0.740. The van der Waals surface area contributed by atoms with E-state index in [-0.39, 0.29) is 0 Å². The molecule has 1 aromatic rings.